The summed E-state index contributed by atoms with van der Waals surface area (Å²) in [6.45, 7) is 2.48. The summed E-state index contributed by atoms with van der Waals surface area (Å²) >= 11 is 0. The third kappa shape index (κ3) is 3.14. The average molecular weight is 289 g/mol. The van der Waals surface area contributed by atoms with Gasteiger partial charge in [-0.25, -0.2) is 17.9 Å². The van der Waals surface area contributed by atoms with Gasteiger partial charge in [0.05, 0.1) is 6.10 Å². The molecule has 0 saturated heterocycles. The highest BCUT2D eigenvalue weighted by Crippen LogP contribution is 2.25. The average Bonchev–Trinajstić information content (AvgIpc) is 2.76. The second-order valence-electron chi connectivity index (χ2n) is 4.29. The van der Waals surface area contributed by atoms with Crippen LogP contribution in [0.5, 0.6) is 0 Å². The largest absolute Gasteiger partial charge is 0.475 e. The molecule has 19 heavy (non-hydrogen) atoms. The summed E-state index contributed by atoms with van der Waals surface area (Å²) in [5.74, 6) is -1.71. The zero-order valence-corrected chi connectivity index (χ0v) is 11.1. The molecule has 1 aromatic rings. The molecule has 1 saturated carbocycles. The second-order valence-corrected chi connectivity index (χ2v) is 5.94. The number of carbonyl (C=O) groups is 1. The van der Waals surface area contributed by atoms with E-state index in [-0.39, 0.29) is 17.2 Å². The number of carboxylic acid groups (broad SMARTS) is 1. The molecule has 1 aliphatic carbocycles. The highest BCUT2D eigenvalue weighted by atomic mass is 32.2. The molecule has 0 spiro atoms. The Hall–Kier alpha value is -1.38. The molecule has 1 fully saturated rings. The van der Waals surface area contributed by atoms with Crippen LogP contribution in [0.25, 0.3) is 0 Å². The van der Waals surface area contributed by atoms with E-state index >= 15 is 0 Å². The predicted octanol–water partition coefficient (Wildman–Crippen LogP) is 0.824. The molecule has 0 aromatic carbocycles. The van der Waals surface area contributed by atoms with E-state index < -0.39 is 21.8 Å². The molecule has 8 heteroatoms. The van der Waals surface area contributed by atoms with E-state index in [1.54, 1.807) is 0 Å². The van der Waals surface area contributed by atoms with Crippen molar-refractivity contribution in [2.45, 2.75) is 37.0 Å². The van der Waals surface area contributed by atoms with E-state index in [9.17, 15) is 13.2 Å². The fourth-order valence-corrected chi connectivity index (χ4v) is 3.08. The molecular weight excluding hydrogens is 274 g/mol. The minimum atomic E-state index is -3.81. The SMILES string of the molecule is CCOC1CC(NS(=O)(=O)c2ccc(C(=O)O)o2)C1. The molecule has 7 nitrogen and oxygen atoms in total. The van der Waals surface area contributed by atoms with Gasteiger partial charge in [0, 0.05) is 12.6 Å². The van der Waals surface area contributed by atoms with Crippen molar-refractivity contribution in [3.05, 3.63) is 17.9 Å². The molecule has 0 aliphatic heterocycles. The lowest BCUT2D eigenvalue weighted by Gasteiger charge is -2.34. The van der Waals surface area contributed by atoms with Gasteiger partial charge >= 0.3 is 5.97 Å². The molecule has 2 N–H and O–H groups in total. The van der Waals surface area contributed by atoms with Crippen molar-refractivity contribution in [3.8, 4) is 0 Å². The normalized spacial score (nSPS) is 23.0. The number of carboxylic acids is 1. The number of aromatic carboxylic acids is 1. The van der Waals surface area contributed by atoms with Crippen LogP contribution in [-0.2, 0) is 14.8 Å². The molecular formula is C11H15NO6S. The van der Waals surface area contributed by atoms with Crippen LogP contribution in [0.15, 0.2) is 21.6 Å². The Morgan fingerprint density at radius 1 is 1.53 bits per heavy atom. The fraction of sp³-hybridized carbons (Fsp3) is 0.545. The Balaban J connectivity index is 1.97. The Labute approximate surface area is 110 Å². The summed E-state index contributed by atoms with van der Waals surface area (Å²) in [7, 11) is -3.81. The molecule has 0 radical (unpaired) electrons. The van der Waals surface area contributed by atoms with E-state index in [2.05, 4.69) is 4.72 Å². The number of hydrogen-bond acceptors (Lipinski definition) is 5. The summed E-state index contributed by atoms with van der Waals surface area (Å²) in [6, 6.07) is 2.05. The van der Waals surface area contributed by atoms with Crippen molar-refractivity contribution in [3.63, 3.8) is 0 Å². The quantitative estimate of drug-likeness (QED) is 0.803. The van der Waals surface area contributed by atoms with Crippen LogP contribution in [0.2, 0.25) is 0 Å². The maximum atomic E-state index is 11.9. The first-order chi connectivity index (χ1) is 8.92. The summed E-state index contributed by atoms with van der Waals surface area (Å²) in [6.07, 6.45) is 1.31. The summed E-state index contributed by atoms with van der Waals surface area (Å²) < 4.78 is 36.3. The maximum Gasteiger partial charge on any atom is 0.371 e. The zero-order valence-electron chi connectivity index (χ0n) is 10.3. The van der Waals surface area contributed by atoms with Crippen LogP contribution >= 0.6 is 0 Å². The van der Waals surface area contributed by atoms with Gasteiger partial charge in [-0.2, -0.15) is 0 Å². The molecule has 1 aromatic heterocycles. The van der Waals surface area contributed by atoms with E-state index in [1.165, 1.54) is 0 Å². The van der Waals surface area contributed by atoms with Gasteiger partial charge in [-0.3, -0.25) is 0 Å². The molecule has 0 bridgehead atoms. The molecule has 106 valence electrons. The minimum absolute atomic E-state index is 0.0869. The number of nitrogens with one attached hydrogen (secondary N) is 1. The number of furan rings is 1. The van der Waals surface area contributed by atoms with Crippen LogP contribution in [0, 0.1) is 0 Å². The lowest BCUT2D eigenvalue weighted by atomic mass is 9.90. The first-order valence-corrected chi connectivity index (χ1v) is 7.37. The molecule has 1 heterocycles. The number of rotatable bonds is 6. The van der Waals surface area contributed by atoms with Gasteiger partial charge in [0.1, 0.15) is 0 Å². The van der Waals surface area contributed by atoms with Crippen molar-refractivity contribution in [1.82, 2.24) is 4.72 Å². The Bertz CT molecular complexity index is 557. The monoisotopic (exact) mass is 289 g/mol. The molecule has 0 amide bonds. The number of hydrogen-bond donors (Lipinski definition) is 2. The van der Waals surface area contributed by atoms with Crippen LogP contribution in [0.4, 0.5) is 0 Å². The first kappa shape index (κ1) is 14.0. The second kappa shape index (κ2) is 5.32. The maximum absolute atomic E-state index is 11.9. The van der Waals surface area contributed by atoms with Crippen molar-refractivity contribution in [2.24, 2.45) is 0 Å². The third-order valence-corrected chi connectivity index (χ3v) is 4.27. The Kier molecular flexibility index (Phi) is 3.93. The van der Waals surface area contributed by atoms with E-state index in [0.29, 0.717) is 19.4 Å². The van der Waals surface area contributed by atoms with Crippen molar-refractivity contribution >= 4 is 16.0 Å². The summed E-state index contributed by atoms with van der Waals surface area (Å²) in [5, 5.41) is 8.29. The van der Waals surface area contributed by atoms with Crippen LogP contribution in [0.1, 0.15) is 30.3 Å². The predicted molar refractivity (Wildman–Crippen MR) is 64.4 cm³/mol. The smallest absolute Gasteiger partial charge is 0.371 e. The zero-order chi connectivity index (χ0) is 14.0. The summed E-state index contributed by atoms with van der Waals surface area (Å²) in [4.78, 5) is 10.6. The van der Waals surface area contributed by atoms with Crippen LogP contribution < -0.4 is 4.72 Å². The minimum Gasteiger partial charge on any atom is -0.475 e. The van der Waals surface area contributed by atoms with Gasteiger partial charge in [-0.1, -0.05) is 0 Å². The first-order valence-electron chi connectivity index (χ1n) is 5.89. The van der Waals surface area contributed by atoms with Gasteiger partial charge in [-0.05, 0) is 31.9 Å². The topological polar surface area (TPSA) is 106 Å². The third-order valence-electron chi connectivity index (χ3n) is 2.88. The van der Waals surface area contributed by atoms with E-state index in [4.69, 9.17) is 14.3 Å². The highest BCUT2D eigenvalue weighted by molar-refractivity contribution is 7.89. The van der Waals surface area contributed by atoms with Gasteiger partial charge in [0.2, 0.25) is 10.9 Å². The molecule has 2 rings (SSSR count). The highest BCUT2D eigenvalue weighted by Gasteiger charge is 2.34. The molecule has 0 atom stereocenters. The Morgan fingerprint density at radius 3 is 2.74 bits per heavy atom. The van der Waals surface area contributed by atoms with Gasteiger partial charge in [0.25, 0.3) is 10.0 Å². The van der Waals surface area contributed by atoms with E-state index in [1.807, 2.05) is 6.92 Å². The van der Waals surface area contributed by atoms with Crippen molar-refractivity contribution in [2.75, 3.05) is 6.61 Å². The van der Waals surface area contributed by atoms with Gasteiger partial charge < -0.3 is 14.3 Å². The Morgan fingerprint density at radius 2 is 2.21 bits per heavy atom. The van der Waals surface area contributed by atoms with Crippen LogP contribution in [-0.4, -0.2) is 38.2 Å². The molecule has 1 aliphatic rings. The van der Waals surface area contributed by atoms with Gasteiger partial charge in [0.15, 0.2) is 0 Å². The van der Waals surface area contributed by atoms with Gasteiger partial charge in [-0.15, -0.1) is 0 Å². The lowest BCUT2D eigenvalue weighted by molar-refractivity contribution is -0.00483. The van der Waals surface area contributed by atoms with Crippen molar-refractivity contribution < 1.29 is 27.5 Å². The standard InChI is InChI=1S/C11H15NO6S/c1-2-17-8-5-7(6-8)12-19(15,16)10-4-3-9(18-10)11(13)14/h3-4,7-8,12H,2,5-6H2,1H3,(H,13,14). The molecule has 0 unspecified atom stereocenters. The summed E-state index contributed by atoms with van der Waals surface area (Å²) in [5.41, 5.74) is 0. The van der Waals surface area contributed by atoms with E-state index in [0.717, 1.165) is 12.1 Å². The van der Waals surface area contributed by atoms with Crippen molar-refractivity contribution in [1.29, 1.82) is 0 Å². The fourth-order valence-electron chi connectivity index (χ4n) is 1.89. The number of ether oxygens (including phenoxy) is 1. The lowest BCUT2D eigenvalue weighted by Crippen LogP contribution is -2.47. The van der Waals surface area contributed by atoms with Crippen LogP contribution in [0.3, 0.4) is 0 Å². The number of sulfonamides is 1.